The lowest BCUT2D eigenvalue weighted by Crippen LogP contribution is -2.08. The number of rotatable bonds is 2. The summed E-state index contributed by atoms with van der Waals surface area (Å²) in [6.07, 6.45) is -3.16. The average Bonchev–Trinajstić information content (AvgIpc) is 2.07. The van der Waals surface area contributed by atoms with Crippen LogP contribution in [0.4, 0.5) is 13.2 Å². The highest BCUT2D eigenvalue weighted by Gasteiger charge is 2.34. The molecule has 0 aliphatic heterocycles. The molecular weight excluding hydrogens is 219 g/mol. The molecule has 0 saturated heterocycles. The van der Waals surface area contributed by atoms with E-state index in [1.54, 1.807) is 0 Å². The molecule has 1 rings (SSSR count). The molecule has 0 fully saturated rings. The molecule has 78 valence electrons. The van der Waals surface area contributed by atoms with E-state index in [-0.39, 0.29) is 13.0 Å². The first-order chi connectivity index (χ1) is 6.45. The Hall–Kier alpha value is -0.810. The predicted molar refractivity (Wildman–Crippen MR) is 45.0 cm³/mol. The fourth-order valence-electron chi connectivity index (χ4n) is 0.956. The first-order valence-electron chi connectivity index (χ1n) is 3.77. The van der Waals surface area contributed by atoms with Crippen molar-refractivity contribution in [1.29, 1.82) is 0 Å². The Balaban J connectivity index is 3.09. The molecule has 1 aromatic heterocycles. The van der Waals surface area contributed by atoms with Crippen LogP contribution in [0.25, 0.3) is 0 Å². The van der Waals surface area contributed by atoms with E-state index in [1.807, 2.05) is 0 Å². The van der Waals surface area contributed by atoms with Crippen LogP contribution in [0.3, 0.4) is 0 Å². The van der Waals surface area contributed by atoms with Crippen molar-refractivity contribution in [3.8, 4) is 0 Å². The molecule has 0 spiro atoms. The third-order valence-corrected chi connectivity index (χ3v) is 1.90. The monoisotopic (exact) mass is 225 g/mol. The van der Waals surface area contributed by atoms with E-state index in [9.17, 15) is 13.2 Å². The minimum Gasteiger partial charge on any atom is -0.396 e. The van der Waals surface area contributed by atoms with Gasteiger partial charge >= 0.3 is 6.18 Å². The molecule has 1 heterocycles. The third kappa shape index (κ3) is 2.59. The van der Waals surface area contributed by atoms with Crippen molar-refractivity contribution in [2.45, 2.75) is 12.6 Å². The Morgan fingerprint density at radius 3 is 2.57 bits per heavy atom. The zero-order valence-corrected chi connectivity index (χ0v) is 7.73. The first-order valence-corrected chi connectivity index (χ1v) is 4.15. The summed E-state index contributed by atoms with van der Waals surface area (Å²) in [5, 5.41) is 7.97. The van der Waals surface area contributed by atoms with E-state index in [2.05, 4.69) is 4.98 Å². The topological polar surface area (TPSA) is 33.1 Å². The smallest absolute Gasteiger partial charge is 0.396 e. The maximum absolute atomic E-state index is 12.3. The number of aliphatic hydroxyl groups is 1. The van der Waals surface area contributed by atoms with Gasteiger partial charge in [0.1, 0.15) is 5.15 Å². The van der Waals surface area contributed by atoms with Crippen LogP contribution in [-0.2, 0) is 12.6 Å². The van der Waals surface area contributed by atoms with E-state index in [0.29, 0.717) is 5.56 Å². The Morgan fingerprint density at radius 2 is 2.07 bits per heavy atom. The van der Waals surface area contributed by atoms with Gasteiger partial charge in [0.05, 0.1) is 5.56 Å². The molecule has 14 heavy (non-hydrogen) atoms. The minimum atomic E-state index is -4.50. The molecule has 2 nitrogen and oxygen atoms in total. The Kier molecular flexibility index (Phi) is 3.34. The van der Waals surface area contributed by atoms with E-state index in [4.69, 9.17) is 16.7 Å². The molecule has 0 amide bonds. The van der Waals surface area contributed by atoms with Gasteiger partial charge in [0.15, 0.2) is 0 Å². The summed E-state index contributed by atoms with van der Waals surface area (Å²) < 4.78 is 36.8. The normalized spacial score (nSPS) is 11.8. The summed E-state index contributed by atoms with van der Waals surface area (Å²) in [4.78, 5) is 3.40. The largest absolute Gasteiger partial charge is 0.419 e. The van der Waals surface area contributed by atoms with Crippen LogP contribution in [0, 0.1) is 0 Å². The van der Waals surface area contributed by atoms with Crippen molar-refractivity contribution < 1.29 is 18.3 Å². The number of aromatic nitrogens is 1. The van der Waals surface area contributed by atoms with Crippen molar-refractivity contribution in [2.24, 2.45) is 0 Å². The van der Waals surface area contributed by atoms with Gasteiger partial charge < -0.3 is 5.11 Å². The summed E-state index contributed by atoms with van der Waals surface area (Å²) in [7, 11) is 0. The van der Waals surface area contributed by atoms with Gasteiger partial charge in [-0.2, -0.15) is 13.2 Å². The summed E-state index contributed by atoms with van der Waals surface area (Å²) in [6, 6.07) is 0.894. The second-order valence-electron chi connectivity index (χ2n) is 2.65. The van der Waals surface area contributed by atoms with Gasteiger partial charge in [-0.25, -0.2) is 4.98 Å². The van der Waals surface area contributed by atoms with Crippen molar-refractivity contribution in [3.63, 3.8) is 0 Å². The summed E-state index contributed by atoms with van der Waals surface area (Å²) in [5.41, 5.74) is -0.658. The van der Waals surface area contributed by atoms with Gasteiger partial charge in [-0.3, -0.25) is 0 Å². The van der Waals surface area contributed by atoms with Gasteiger partial charge in [-0.15, -0.1) is 0 Å². The molecule has 0 aromatic carbocycles. The van der Waals surface area contributed by atoms with E-state index >= 15 is 0 Å². The van der Waals surface area contributed by atoms with Gasteiger partial charge in [0.25, 0.3) is 0 Å². The molecule has 1 aromatic rings. The van der Waals surface area contributed by atoms with Gasteiger partial charge in [-0.1, -0.05) is 11.6 Å². The zero-order chi connectivity index (χ0) is 10.8. The standard InChI is InChI=1S/C8H7ClF3NO/c9-7-6(8(10,11)12)3-5(1-2-14)4-13-7/h3-4,14H,1-2H2. The summed E-state index contributed by atoms with van der Waals surface area (Å²) in [5.74, 6) is 0. The number of halogens is 4. The molecule has 0 radical (unpaired) electrons. The molecule has 0 atom stereocenters. The number of alkyl halides is 3. The molecular formula is C8H7ClF3NO. The number of hydrogen-bond acceptors (Lipinski definition) is 2. The highest BCUT2D eigenvalue weighted by molar-refractivity contribution is 6.30. The van der Waals surface area contributed by atoms with Gasteiger partial charge in [-0.05, 0) is 18.1 Å². The molecule has 0 unspecified atom stereocenters. The average molecular weight is 226 g/mol. The second-order valence-corrected chi connectivity index (χ2v) is 3.01. The fourth-order valence-corrected chi connectivity index (χ4v) is 1.17. The van der Waals surface area contributed by atoms with E-state index in [0.717, 1.165) is 6.07 Å². The lowest BCUT2D eigenvalue weighted by molar-refractivity contribution is -0.137. The number of pyridine rings is 1. The maximum atomic E-state index is 12.3. The van der Waals surface area contributed by atoms with Crippen molar-refractivity contribution in [3.05, 3.63) is 28.5 Å². The Morgan fingerprint density at radius 1 is 1.43 bits per heavy atom. The predicted octanol–water partition coefficient (Wildman–Crippen LogP) is 2.29. The second kappa shape index (κ2) is 4.14. The molecule has 0 bridgehead atoms. The Bertz CT molecular complexity index is 327. The minimum absolute atomic E-state index is 0.132. The van der Waals surface area contributed by atoms with Crippen molar-refractivity contribution in [1.82, 2.24) is 4.98 Å². The number of hydrogen-bond donors (Lipinski definition) is 1. The van der Waals surface area contributed by atoms with Gasteiger partial charge in [0, 0.05) is 12.8 Å². The molecule has 0 aliphatic carbocycles. The third-order valence-electron chi connectivity index (χ3n) is 1.60. The molecule has 0 saturated carbocycles. The SMILES string of the molecule is OCCc1cnc(Cl)c(C(F)(F)F)c1. The summed E-state index contributed by atoms with van der Waals surface area (Å²) in [6.45, 7) is -0.222. The van der Waals surface area contributed by atoms with Crippen LogP contribution in [0.1, 0.15) is 11.1 Å². The van der Waals surface area contributed by atoms with Crippen molar-refractivity contribution >= 4 is 11.6 Å². The van der Waals surface area contributed by atoms with Crippen LogP contribution in [0.15, 0.2) is 12.3 Å². The first kappa shape index (κ1) is 11.3. The lowest BCUT2D eigenvalue weighted by Gasteiger charge is -2.09. The van der Waals surface area contributed by atoms with Crippen LogP contribution in [0.2, 0.25) is 5.15 Å². The Labute approximate surface area is 83.3 Å². The number of nitrogens with zero attached hydrogens (tertiary/aromatic N) is 1. The zero-order valence-electron chi connectivity index (χ0n) is 6.98. The highest BCUT2D eigenvalue weighted by Crippen LogP contribution is 2.33. The van der Waals surface area contributed by atoms with E-state index < -0.39 is 16.9 Å². The van der Waals surface area contributed by atoms with Crippen LogP contribution < -0.4 is 0 Å². The quantitative estimate of drug-likeness (QED) is 0.784. The van der Waals surface area contributed by atoms with Gasteiger partial charge in [0.2, 0.25) is 0 Å². The molecule has 1 N–H and O–H groups in total. The van der Waals surface area contributed by atoms with E-state index in [1.165, 1.54) is 6.20 Å². The van der Waals surface area contributed by atoms with Crippen LogP contribution >= 0.6 is 11.6 Å². The molecule has 0 aliphatic rings. The highest BCUT2D eigenvalue weighted by atomic mass is 35.5. The number of aliphatic hydroxyl groups excluding tert-OH is 1. The van der Waals surface area contributed by atoms with Crippen molar-refractivity contribution in [2.75, 3.05) is 6.61 Å². The summed E-state index contributed by atoms with van der Waals surface area (Å²) >= 11 is 5.29. The van der Waals surface area contributed by atoms with Crippen LogP contribution in [-0.4, -0.2) is 16.7 Å². The fraction of sp³-hybridized carbons (Fsp3) is 0.375. The van der Waals surface area contributed by atoms with Crippen LogP contribution in [0.5, 0.6) is 0 Å². The maximum Gasteiger partial charge on any atom is 0.419 e. The lowest BCUT2D eigenvalue weighted by atomic mass is 10.1. The molecule has 6 heteroatoms.